The van der Waals surface area contributed by atoms with Gasteiger partial charge in [-0.15, -0.1) is 0 Å². The summed E-state index contributed by atoms with van der Waals surface area (Å²) in [7, 11) is 0. The number of rotatable bonds is 4. The first-order chi connectivity index (χ1) is 9.86. The van der Waals surface area contributed by atoms with E-state index >= 15 is 0 Å². The second-order valence-corrected chi connectivity index (χ2v) is 7.31. The number of anilines is 1. The molecule has 1 nitrogen and oxygen atoms in total. The van der Waals surface area contributed by atoms with Crippen molar-refractivity contribution in [2.45, 2.75) is 57.9 Å². The lowest BCUT2D eigenvalue weighted by Gasteiger charge is -2.33. The highest BCUT2D eigenvalue weighted by molar-refractivity contribution is 5.52. The predicted octanol–water partition coefficient (Wildman–Crippen LogP) is 4.88. The quantitative estimate of drug-likeness (QED) is 0.821. The Balaban J connectivity index is 1.51. The summed E-state index contributed by atoms with van der Waals surface area (Å²) in [5.74, 6) is 4.18. The molecule has 0 aliphatic heterocycles. The third-order valence-electron chi connectivity index (χ3n) is 6.31. The zero-order valence-electron chi connectivity index (χ0n) is 12.6. The number of nitrogens with one attached hydrogen (secondary N) is 1. The summed E-state index contributed by atoms with van der Waals surface area (Å²) in [6, 6.07) is 9.73. The zero-order chi connectivity index (χ0) is 13.5. The highest BCUT2D eigenvalue weighted by atomic mass is 15.0. The molecule has 0 aromatic heterocycles. The first-order valence-electron chi connectivity index (χ1n) is 8.71. The van der Waals surface area contributed by atoms with Crippen LogP contribution in [0.15, 0.2) is 24.3 Å². The maximum Gasteiger partial charge on any atom is 0.0374 e. The Labute approximate surface area is 123 Å². The minimum atomic E-state index is 0.761. The van der Waals surface area contributed by atoms with Crippen molar-refractivity contribution in [3.63, 3.8) is 0 Å². The smallest absolute Gasteiger partial charge is 0.0374 e. The van der Waals surface area contributed by atoms with Crippen molar-refractivity contribution >= 4 is 5.69 Å². The lowest BCUT2D eigenvalue weighted by atomic mass is 9.79. The van der Waals surface area contributed by atoms with Gasteiger partial charge >= 0.3 is 0 Å². The van der Waals surface area contributed by atoms with E-state index in [0.29, 0.717) is 0 Å². The molecule has 1 heteroatoms. The van der Waals surface area contributed by atoms with Gasteiger partial charge in [-0.25, -0.2) is 0 Å². The molecule has 1 aromatic carbocycles. The van der Waals surface area contributed by atoms with Crippen LogP contribution in [-0.4, -0.2) is 6.04 Å². The van der Waals surface area contributed by atoms with Gasteiger partial charge in [0.1, 0.15) is 0 Å². The molecular formula is C19H27N. The van der Waals surface area contributed by atoms with Crippen LogP contribution in [-0.2, 0) is 6.42 Å². The second kappa shape index (κ2) is 5.09. The van der Waals surface area contributed by atoms with Gasteiger partial charge in [0.05, 0.1) is 0 Å². The summed E-state index contributed by atoms with van der Waals surface area (Å²) in [4.78, 5) is 0. The van der Waals surface area contributed by atoms with Gasteiger partial charge in [-0.1, -0.05) is 38.0 Å². The topological polar surface area (TPSA) is 12.0 Å². The Bertz CT molecular complexity index is 480. The Morgan fingerprint density at radius 3 is 2.80 bits per heavy atom. The number of fused-ring (bicyclic) bond motifs is 5. The van der Waals surface area contributed by atoms with Crippen molar-refractivity contribution in [1.29, 1.82) is 0 Å². The Morgan fingerprint density at radius 2 is 1.90 bits per heavy atom. The molecule has 3 aliphatic rings. The fourth-order valence-corrected chi connectivity index (χ4v) is 5.58. The van der Waals surface area contributed by atoms with Crippen molar-refractivity contribution in [3.8, 4) is 0 Å². The molecular weight excluding hydrogens is 242 g/mol. The average molecular weight is 269 g/mol. The Kier molecular flexibility index (Phi) is 3.24. The van der Waals surface area contributed by atoms with Crippen LogP contribution in [0.1, 0.15) is 51.0 Å². The molecule has 1 aromatic rings. The maximum absolute atomic E-state index is 3.94. The van der Waals surface area contributed by atoms with E-state index in [0.717, 1.165) is 29.7 Å². The summed E-state index contributed by atoms with van der Waals surface area (Å²) in [6.45, 7) is 2.28. The van der Waals surface area contributed by atoms with E-state index in [-0.39, 0.29) is 0 Å². The zero-order valence-corrected chi connectivity index (χ0v) is 12.6. The summed E-state index contributed by atoms with van der Waals surface area (Å²) in [5.41, 5.74) is 2.93. The van der Waals surface area contributed by atoms with Gasteiger partial charge in [0.2, 0.25) is 0 Å². The van der Waals surface area contributed by atoms with Gasteiger partial charge in [0.25, 0.3) is 0 Å². The van der Waals surface area contributed by atoms with E-state index in [2.05, 4.69) is 36.5 Å². The third kappa shape index (κ3) is 1.98. The monoisotopic (exact) mass is 269 g/mol. The molecule has 0 spiro atoms. The Hall–Kier alpha value is -0.980. The minimum Gasteiger partial charge on any atom is -0.382 e. The average Bonchev–Trinajstić information content (AvgIpc) is 3.13. The summed E-state index contributed by atoms with van der Waals surface area (Å²) >= 11 is 0. The first-order valence-corrected chi connectivity index (χ1v) is 8.71. The summed E-state index contributed by atoms with van der Waals surface area (Å²) in [5, 5.41) is 3.94. The number of hydrogen-bond acceptors (Lipinski definition) is 1. The lowest BCUT2D eigenvalue weighted by molar-refractivity contribution is 0.243. The molecule has 4 rings (SSSR count). The van der Waals surface area contributed by atoms with Gasteiger partial charge in [0, 0.05) is 11.7 Å². The molecule has 0 heterocycles. The van der Waals surface area contributed by atoms with Crippen LogP contribution >= 0.6 is 0 Å². The molecule has 108 valence electrons. The molecule has 3 fully saturated rings. The maximum atomic E-state index is 3.94. The Morgan fingerprint density at radius 1 is 1.05 bits per heavy atom. The third-order valence-corrected chi connectivity index (χ3v) is 6.31. The van der Waals surface area contributed by atoms with E-state index in [9.17, 15) is 0 Å². The highest BCUT2D eigenvalue weighted by Crippen LogP contribution is 2.59. The standard InChI is InChI=1S/C19H27N/c1-2-6-13-7-3-4-10-18(13)20-19-12-14-11-17(19)16-9-5-8-15(14)16/h3-4,7,10,14-17,19-20H,2,5-6,8-9,11-12H2,1H3. The number of benzene rings is 1. The van der Waals surface area contributed by atoms with Crippen LogP contribution in [0.3, 0.4) is 0 Å². The van der Waals surface area contributed by atoms with E-state index < -0.39 is 0 Å². The highest BCUT2D eigenvalue weighted by Gasteiger charge is 2.53. The fraction of sp³-hybridized carbons (Fsp3) is 0.684. The normalized spacial score (nSPS) is 38.1. The molecule has 2 bridgehead atoms. The van der Waals surface area contributed by atoms with Crippen LogP contribution in [0.5, 0.6) is 0 Å². The van der Waals surface area contributed by atoms with Crippen molar-refractivity contribution in [3.05, 3.63) is 29.8 Å². The van der Waals surface area contributed by atoms with Crippen molar-refractivity contribution in [2.75, 3.05) is 5.32 Å². The molecule has 5 unspecified atom stereocenters. The number of aryl methyl sites for hydroxylation is 1. The number of para-hydroxylation sites is 1. The van der Waals surface area contributed by atoms with Crippen molar-refractivity contribution in [1.82, 2.24) is 0 Å². The van der Waals surface area contributed by atoms with Gasteiger partial charge < -0.3 is 5.32 Å². The molecule has 20 heavy (non-hydrogen) atoms. The van der Waals surface area contributed by atoms with E-state index in [1.807, 2.05) is 0 Å². The van der Waals surface area contributed by atoms with E-state index in [1.54, 1.807) is 0 Å². The molecule has 0 amide bonds. The fourth-order valence-electron chi connectivity index (χ4n) is 5.58. The van der Waals surface area contributed by atoms with Crippen LogP contribution in [0, 0.1) is 23.7 Å². The van der Waals surface area contributed by atoms with Crippen LogP contribution in [0.2, 0.25) is 0 Å². The van der Waals surface area contributed by atoms with Gasteiger partial charge in [-0.05, 0) is 67.4 Å². The van der Waals surface area contributed by atoms with Crippen molar-refractivity contribution < 1.29 is 0 Å². The van der Waals surface area contributed by atoms with E-state index in [1.165, 1.54) is 56.2 Å². The van der Waals surface area contributed by atoms with E-state index in [4.69, 9.17) is 0 Å². The number of hydrogen-bond donors (Lipinski definition) is 1. The minimum absolute atomic E-state index is 0.761. The molecule has 3 saturated carbocycles. The SMILES string of the molecule is CCCc1ccccc1NC1CC2CC1C1CCCC21. The molecule has 0 radical (unpaired) electrons. The molecule has 0 saturated heterocycles. The van der Waals surface area contributed by atoms with Crippen LogP contribution in [0.25, 0.3) is 0 Å². The molecule has 1 N–H and O–H groups in total. The second-order valence-electron chi connectivity index (χ2n) is 7.31. The van der Waals surface area contributed by atoms with Gasteiger partial charge in [-0.3, -0.25) is 0 Å². The van der Waals surface area contributed by atoms with Gasteiger partial charge in [0.15, 0.2) is 0 Å². The largest absolute Gasteiger partial charge is 0.382 e. The molecule has 5 atom stereocenters. The first kappa shape index (κ1) is 12.7. The van der Waals surface area contributed by atoms with Crippen LogP contribution in [0.4, 0.5) is 5.69 Å². The summed E-state index contributed by atoms with van der Waals surface area (Å²) in [6.07, 6.45) is 9.94. The predicted molar refractivity (Wildman–Crippen MR) is 84.9 cm³/mol. The van der Waals surface area contributed by atoms with Crippen molar-refractivity contribution in [2.24, 2.45) is 23.7 Å². The van der Waals surface area contributed by atoms with Gasteiger partial charge in [-0.2, -0.15) is 0 Å². The molecule has 3 aliphatic carbocycles. The summed E-state index contributed by atoms with van der Waals surface area (Å²) < 4.78 is 0. The lowest BCUT2D eigenvalue weighted by Crippen LogP contribution is -2.34. The van der Waals surface area contributed by atoms with Crippen LogP contribution < -0.4 is 5.32 Å².